The van der Waals surface area contributed by atoms with Crippen LogP contribution in [0.15, 0.2) is 18.3 Å². The molecular formula is C12H16N4. The summed E-state index contributed by atoms with van der Waals surface area (Å²) in [4.78, 5) is 9.08. The smallest absolute Gasteiger partial charge is 0.159 e. The minimum atomic E-state index is 0.510. The molecule has 0 radical (unpaired) electrons. The zero-order chi connectivity index (χ0) is 11.1. The predicted octanol–water partition coefficient (Wildman–Crippen LogP) is 1.43. The van der Waals surface area contributed by atoms with E-state index in [2.05, 4.69) is 28.8 Å². The zero-order valence-electron chi connectivity index (χ0n) is 9.64. The average molecular weight is 216 g/mol. The molecule has 2 unspecified atom stereocenters. The first-order valence-electron chi connectivity index (χ1n) is 5.78. The Labute approximate surface area is 94.7 Å². The van der Waals surface area contributed by atoms with E-state index in [1.807, 2.05) is 18.3 Å². The van der Waals surface area contributed by atoms with Crippen LogP contribution in [-0.4, -0.2) is 27.1 Å². The van der Waals surface area contributed by atoms with E-state index in [9.17, 15) is 0 Å². The van der Waals surface area contributed by atoms with E-state index in [4.69, 9.17) is 4.98 Å². The molecule has 2 atom stereocenters. The molecule has 2 aromatic heterocycles. The fraction of sp³-hybridized carbons (Fsp3) is 0.500. The van der Waals surface area contributed by atoms with Gasteiger partial charge < -0.3 is 9.88 Å². The largest absolute Gasteiger partial charge is 0.316 e. The topological polar surface area (TPSA) is 42.7 Å². The quantitative estimate of drug-likeness (QED) is 0.784. The SMILES string of the molecule is CC1NCCC1c1nc2cccnc2n1C. The molecule has 3 rings (SSSR count). The van der Waals surface area contributed by atoms with Crippen molar-refractivity contribution >= 4 is 11.2 Å². The normalized spacial score (nSPS) is 25.4. The van der Waals surface area contributed by atoms with Crippen LogP contribution in [0.4, 0.5) is 0 Å². The van der Waals surface area contributed by atoms with Gasteiger partial charge in [-0.2, -0.15) is 0 Å². The Hall–Kier alpha value is -1.42. The first-order chi connectivity index (χ1) is 7.77. The number of nitrogens with zero attached hydrogens (tertiary/aromatic N) is 3. The maximum Gasteiger partial charge on any atom is 0.159 e. The van der Waals surface area contributed by atoms with E-state index in [0.29, 0.717) is 12.0 Å². The van der Waals surface area contributed by atoms with Crippen molar-refractivity contribution < 1.29 is 0 Å². The molecule has 2 aromatic rings. The maximum absolute atomic E-state index is 4.71. The highest BCUT2D eigenvalue weighted by Gasteiger charge is 2.28. The van der Waals surface area contributed by atoms with Crippen LogP contribution in [0, 0.1) is 0 Å². The second-order valence-electron chi connectivity index (χ2n) is 4.51. The molecule has 0 aromatic carbocycles. The maximum atomic E-state index is 4.71. The Bertz CT molecular complexity index is 517. The van der Waals surface area contributed by atoms with E-state index in [0.717, 1.165) is 23.5 Å². The second kappa shape index (κ2) is 3.56. The van der Waals surface area contributed by atoms with Crippen LogP contribution in [-0.2, 0) is 7.05 Å². The highest BCUT2D eigenvalue weighted by atomic mass is 15.1. The first kappa shape index (κ1) is 9.78. The summed E-state index contributed by atoms with van der Waals surface area (Å²) in [7, 11) is 2.06. The van der Waals surface area contributed by atoms with Crippen molar-refractivity contribution in [3.63, 3.8) is 0 Å². The van der Waals surface area contributed by atoms with Gasteiger partial charge in [0.1, 0.15) is 11.3 Å². The lowest BCUT2D eigenvalue weighted by Crippen LogP contribution is -2.23. The van der Waals surface area contributed by atoms with Crippen LogP contribution >= 0.6 is 0 Å². The number of aryl methyl sites for hydroxylation is 1. The van der Waals surface area contributed by atoms with Crippen molar-refractivity contribution in [1.82, 2.24) is 19.9 Å². The average Bonchev–Trinajstić information content (AvgIpc) is 2.84. The van der Waals surface area contributed by atoms with Gasteiger partial charge in [-0.3, -0.25) is 0 Å². The lowest BCUT2D eigenvalue weighted by atomic mass is 10.0. The molecule has 4 heteroatoms. The molecule has 0 bridgehead atoms. The number of rotatable bonds is 1. The van der Waals surface area contributed by atoms with Gasteiger partial charge in [0.05, 0.1) is 0 Å². The molecule has 1 aliphatic heterocycles. The lowest BCUT2D eigenvalue weighted by Gasteiger charge is -2.14. The van der Waals surface area contributed by atoms with E-state index in [1.54, 1.807) is 0 Å². The van der Waals surface area contributed by atoms with Gasteiger partial charge in [-0.25, -0.2) is 9.97 Å². The van der Waals surface area contributed by atoms with Crippen LogP contribution < -0.4 is 5.32 Å². The zero-order valence-corrected chi connectivity index (χ0v) is 9.64. The van der Waals surface area contributed by atoms with Gasteiger partial charge in [0.2, 0.25) is 0 Å². The third kappa shape index (κ3) is 1.33. The number of imidazole rings is 1. The van der Waals surface area contributed by atoms with Crippen LogP contribution in [0.25, 0.3) is 11.2 Å². The van der Waals surface area contributed by atoms with Crippen LogP contribution in [0.2, 0.25) is 0 Å². The van der Waals surface area contributed by atoms with E-state index < -0.39 is 0 Å². The number of hydrogen-bond donors (Lipinski definition) is 1. The molecule has 0 spiro atoms. The predicted molar refractivity (Wildman–Crippen MR) is 63.3 cm³/mol. The molecule has 1 fully saturated rings. The lowest BCUT2D eigenvalue weighted by molar-refractivity contribution is 0.554. The summed E-state index contributed by atoms with van der Waals surface area (Å²) < 4.78 is 2.13. The highest BCUT2D eigenvalue weighted by molar-refractivity contribution is 5.71. The van der Waals surface area contributed by atoms with Crippen LogP contribution in [0.1, 0.15) is 25.1 Å². The third-order valence-electron chi connectivity index (χ3n) is 3.52. The molecule has 3 heterocycles. The first-order valence-corrected chi connectivity index (χ1v) is 5.78. The Morgan fingerprint density at radius 1 is 1.50 bits per heavy atom. The number of nitrogens with one attached hydrogen (secondary N) is 1. The van der Waals surface area contributed by atoms with Gasteiger partial charge in [-0.15, -0.1) is 0 Å². The van der Waals surface area contributed by atoms with Gasteiger partial charge in [0.15, 0.2) is 5.65 Å². The Morgan fingerprint density at radius 2 is 2.38 bits per heavy atom. The molecular weight excluding hydrogens is 200 g/mol. The summed E-state index contributed by atoms with van der Waals surface area (Å²) in [6.45, 7) is 3.31. The van der Waals surface area contributed by atoms with E-state index in [-0.39, 0.29) is 0 Å². The number of hydrogen-bond acceptors (Lipinski definition) is 3. The minimum absolute atomic E-state index is 0.510. The number of pyridine rings is 1. The number of fused-ring (bicyclic) bond motifs is 1. The second-order valence-corrected chi connectivity index (χ2v) is 4.51. The Kier molecular flexibility index (Phi) is 2.17. The molecule has 1 aliphatic rings. The van der Waals surface area contributed by atoms with Crippen molar-refractivity contribution in [2.24, 2.45) is 7.05 Å². The minimum Gasteiger partial charge on any atom is -0.316 e. The Morgan fingerprint density at radius 3 is 3.06 bits per heavy atom. The monoisotopic (exact) mass is 216 g/mol. The van der Waals surface area contributed by atoms with Crippen molar-refractivity contribution in [1.29, 1.82) is 0 Å². The summed E-state index contributed by atoms with van der Waals surface area (Å²) in [5.74, 6) is 1.67. The van der Waals surface area contributed by atoms with Gasteiger partial charge in [0.25, 0.3) is 0 Å². The molecule has 1 N–H and O–H groups in total. The van der Waals surface area contributed by atoms with Crippen LogP contribution in [0.3, 0.4) is 0 Å². The van der Waals surface area contributed by atoms with Crippen molar-refractivity contribution in [2.75, 3.05) is 6.54 Å². The third-order valence-corrected chi connectivity index (χ3v) is 3.52. The fourth-order valence-electron chi connectivity index (χ4n) is 2.58. The standard InChI is InChI=1S/C12H16N4/c1-8-9(5-7-13-8)11-15-10-4-3-6-14-12(10)16(11)2/h3-4,6,8-9,13H,5,7H2,1-2H3. The van der Waals surface area contributed by atoms with Gasteiger partial charge >= 0.3 is 0 Å². The summed E-state index contributed by atoms with van der Waals surface area (Å²) in [5, 5.41) is 3.47. The van der Waals surface area contributed by atoms with E-state index in [1.165, 1.54) is 6.42 Å². The molecule has 84 valence electrons. The number of aromatic nitrogens is 3. The fourth-order valence-corrected chi connectivity index (χ4v) is 2.58. The highest BCUT2D eigenvalue weighted by Crippen LogP contribution is 2.28. The summed E-state index contributed by atoms with van der Waals surface area (Å²) in [6, 6.07) is 4.48. The molecule has 16 heavy (non-hydrogen) atoms. The summed E-state index contributed by atoms with van der Waals surface area (Å²) in [6.07, 6.45) is 2.99. The van der Waals surface area contributed by atoms with Crippen molar-refractivity contribution in [3.8, 4) is 0 Å². The van der Waals surface area contributed by atoms with Gasteiger partial charge in [-0.1, -0.05) is 0 Å². The Balaban J connectivity index is 2.13. The molecule has 0 amide bonds. The molecule has 0 aliphatic carbocycles. The van der Waals surface area contributed by atoms with Crippen LogP contribution in [0.5, 0.6) is 0 Å². The molecule has 4 nitrogen and oxygen atoms in total. The summed E-state index contributed by atoms with van der Waals surface area (Å²) >= 11 is 0. The molecule has 0 saturated carbocycles. The molecule has 1 saturated heterocycles. The van der Waals surface area contributed by atoms with Gasteiger partial charge in [-0.05, 0) is 32.0 Å². The van der Waals surface area contributed by atoms with Crippen molar-refractivity contribution in [2.45, 2.75) is 25.3 Å². The van der Waals surface area contributed by atoms with Crippen molar-refractivity contribution in [3.05, 3.63) is 24.2 Å². The van der Waals surface area contributed by atoms with E-state index >= 15 is 0 Å². The summed E-state index contributed by atoms with van der Waals surface area (Å²) in [5.41, 5.74) is 1.98. The van der Waals surface area contributed by atoms with Gasteiger partial charge in [0, 0.05) is 25.2 Å².